The topological polar surface area (TPSA) is 90.0 Å². The summed E-state index contributed by atoms with van der Waals surface area (Å²) in [5.41, 5.74) is 6.78. The minimum atomic E-state index is -3.65. The predicted molar refractivity (Wildman–Crippen MR) is 81.0 cm³/mol. The van der Waals surface area contributed by atoms with E-state index in [2.05, 4.69) is 25.8 Å². The smallest absolute Gasteiger partial charge is 0.265 e. The Hall–Kier alpha value is -1.38. The van der Waals surface area contributed by atoms with Gasteiger partial charge in [0, 0.05) is 17.2 Å². The highest BCUT2D eigenvalue weighted by molar-refractivity contribution is 9.10. The summed E-state index contributed by atoms with van der Waals surface area (Å²) in [6.07, 6.45) is 2.77. The Balaban J connectivity index is 2.28. The standard InChI is InChI=1S/C12H15BrN4O2S/c1-9-2-3-10(13)6-12(9)16-20(18,19)11-7-15-17(8-11)5-4-14/h2-3,6-8,16H,4-5,14H2,1H3. The molecule has 6 nitrogen and oxygen atoms in total. The normalized spacial score (nSPS) is 11.6. The molecule has 0 spiro atoms. The lowest BCUT2D eigenvalue weighted by Gasteiger charge is -2.09. The van der Waals surface area contributed by atoms with Gasteiger partial charge in [0.15, 0.2) is 0 Å². The van der Waals surface area contributed by atoms with E-state index in [0.29, 0.717) is 18.8 Å². The number of anilines is 1. The molecule has 0 aliphatic heterocycles. The number of aryl methyl sites for hydroxylation is 1. The maximum atomic E-state index is 12.3. The van der Waals surface area contributed by atoms with Crippen molar-refractivity contribution in [1.82, 2.24) is 9.78 Å². The number of rotatable bonds is 5. The van der Waals surface area contributed by atoms with Crippen molar-refractivity contribution in [3.05, 3.63) is 40.6 Å². The van der Waals surface area contributed by atoms with Crippen LogP contribution in [0, 0.1) is 6.92 Å². The number of aromatic nitrogens is 2. The molecular weight excluding hydrogens is 344 g/mol. The van der Waals surface area contributed by atoms with Gasteiger partial charge >= 0.3 is 0 Å². The fraction of sp³-hybridized carbons (Fsp3) is 0.250. The summed E-state index contributed by atoms with van der Waals surface area (Å²) in [5.74, 6) is 0. The molecule has 0 saturated carbocycles. The van der Waals surface area contributed by atoms with Crippen molar-refractivity contribution >= 4 is 31.6 Å². The molecule has 0 aliphatic rings. The Kier molecular flexibility index (Phi) is 4.46. The molecule has 3 N–H and O–H groups in total. The summed E-state index contributed by atoms with van der Waals surface area (Å²) in [4.78, 5) is 0.116. The van der Waals surface area contributed by atoms with Gasteiger partial charge in [-0.25, -0.2) is 8.42 Å². The van der Waals surface area contributed by atoms with Crippen molar-refractivity contribution in [2.45, 2.75) is 18.4 Å². The summed E-state index contributed by atoms with van der Waals surface area (Å²) in [7, 11) is -3.65. The highest BCUT2D eigenvalue weighted by Crippen LogP contribution is 2.23. The lowest BCUT2D eigenvalue weighted by atomic mass is 10.2. The van der Waals surface area contributed by atoms with Crippen LogP contribution in [0.4, 0.5) is 5.69 Å². The van der Waals surface area contributed by atoms with Crippen molar-refractivity contribution in [2.24, 2.45) is 5.73 Å². The molecule has 0 aliphatic carbocycles. The van der Waals surface area contributed by atoms with Crippen LogP contribution >= 0.6 is 15.9 Å². The van der Waals surface area contributed by atoms with E-state index < -0.39 is 10.0 Å². The first-order chi connectivity index (χ1) is 9.42. The van der Waals surface area contributed by atoms with E-state index >= 15 is 0 Å². The Labute approximate surface area is 126 Å². The van der Waals surface area contributed by atoms with Gasteiger partial charge in [-0.15, -0.1) is 0 Å². The molecule has 0 bridgehead atoms. The quantitative estimate of drug-likeness (QED) is 0.851. The first kappa shape index (κ1) is 15.0. The number of hydrogen-bond acceptors (Lipinski definition) is 4. The Morgan fingerprint density at radius 2 is 2.20 bits per heavy atom. The van der Waals surface area contributed by atoms with Crippen LogP contribution in [0.2, 0.25) is 0 Å². The fourth-order valence-corrected chi connectivity index (χ4v) is 3.08. The number of benzene rings is 1. The first-order valence-electron chi connectivity index (χ1n) is 5.94. The summed E-state index contributed by atoms with van der Waals surface area (Å²) < 4.78 is 29.4. The van der Waals surface area contributed by atoms with Crippen molar-refractivity contribution in [1.29, 1.82) is 0 Å². The molecular formula is C12H15BrN4O2S. The van der Waals surface area contributed by atoms with Gasteiger partial charge in [0.2, 0.25) is 0 Å². The third kappa shape index (κ3) is 3.38. The van der Waals surface area contributed by atoms with Gasteiger partial charge in [0.1, 0.15) is 4.90 Å². The number of nitrogens with one attached hydrogen (secondary N) is 1. The number of halogens is 1. The van der Waals surface area contributed by atoms with Gasteiger partial charge in [-0.1, -0.05) is 22.0 Å². The van der Waals surface area contributed by atoms with Crippen LogP contribution in [0.5, 0.6) is 0 Å². The van der Waals surface area contributed by atoms with E-state index in [4.69, 9.17) is 5.73 Å². The molecule has 8 heteroatoms. The van der Waals surface area contributed by atoms with Crippen molar-refractivity contribution in [3.8, 4) is 0 Å². The molecule has 0 fully saturated rings. The number of hydrogen-bond donors (Lipinski definition) is 2. The largest absolute Gasteiger partial charge is 0.329 e. The van der Waals surface area contributed by atoms with Gasteiger partial charge in [0.25, 0.3) is 10.0 Å². The SMILES string of the molecule is Cc1ccc(Br)cc1NS(=O)(=O)c1cnn(CCN)c1. The molecule has 0 unspecified atom stereocenters. The van der Waals surface area contributed by atoms with Crippen molar-refractivity contribution in [3.63, 3.8) is 0 Å². The molecule has 20 heavy (non-hydrogen) atoms. The zero-order valence-corrected chi connectivity index (χ0v) is 13.3. The third-order valence-electron chi connectivity index (χ3n) is 2.72. The highest BCUT2D eigenvalue weighted by Gasteiger charge is 2.17. The molecule has 0 amide bonds. The zero-order valence-electron chi connectivity index (χ0n) is 10.9. The second-order valence-electron chi connectivity index (χ2n) is 4.29. The van der Waals surface area contributed by atoms with Crippen LogP contribution in [-0.4, -0.2) is 24.7 Å². The minimum Gasteiger partial charge on any atom is -0.329 e. The van der Waals surface area contributed by atoms with Crippen molar-refractivity contribution in [2.75, 3.05) is 11.3 Å². The lowest BCUT2D eigenvalue weighted by Crippen LogP contribution is -2.13. The Morgan fingerprint density at radius 3 is 2.90 bits per heavy atom. The second kappa shape index (κ2) is 5.94. The van der Waals surface area contributed by atoms with E-state index in [-0.39, 0.29) is 4.90 Å². The number of nitrogens with two attached hydrogens (primary N) is 1. The number of nitrogens with zero attached hydrogens (tertiary/aromatic N) is 2. The van der Waals surface area contributed by atoms with E-state index in [1.807, 2.05) is 19.1 Å². The maximum absolute atomic E-state index is 12.3. The van der Waals surface area contributed by atoms with Gasteiger partial charge in [-0.3, -0.25) is 9.40 Å². The summed E-state index contributed by atoms with van der Waals surface area (Å²) in [5, 5.41) is 3.96. The van der Waals surface area contributed by atoms with Gasteiger partial charge in [-0.2, -0.15) is 5.10 Å². The van der Waals surface area contributed by atoms with Crippen LogP contribution in [0.1, 0.15) is 5.56 Å². The molecule has 1 aromatic carbocycles. The van der Waals surface area contributed by atoms with E-state index in [1.54, 1.807) is 6.07 Å². The maximum Gasteiger partial charge on any atom is 0.265 e. The average molecular weight is 359 g/mol. The van der Waals surface area contributed by atoms with Gasteiger partial charge < -0.3 is 5.73 Å². The molecule has 1 heterocycles. The first-order valence-corrected chi connectivity index (χ1v) is 8.21. The Bertz CT molecular complexity index is 712. The van der Waals surface area contributed by atoms with Crippen LogP contribution in [0.15, 0.2) is 40.0 Å². The van der Waals surface area contributed by atoms with E-state index in [9.17, 15) is 8.42 Å². The molecule has 0 saturated heterocycles. The molecule has 2 rings (SSSR count). The highest BCUT2D eigenvalue weighted by atomic mass is 79.9. The van der Waals surface area contributed by atoms with Gasteiger partial charge in [0.05, 0.1) is 18.4 Å². The minimum absolute atomic E-state index is 0.116. The molecule has 108 valence electrons. The fourth-order valence-electron chi connectivity index (χ4n) is 1.65. The predicted octanol–water partition coefficient (Wildman–Crippen LogP) is 1.71. The number of sulfonamides is 1. The molecule has 0 atom stereocenters. The zero-order chi connectivity index (χ0) is 14.8. The summed E-state index contributed by atoms with van der Waals surface area (Å²) >= 11 is 3.32. The summed E-state index contributed by atoms with van der Waals surface area (Å²) in [6, 6.07) is 5.41. The lowest BCUT2D eigenvalue weighted by molar-refractivity contribution is 0.599. The van der Waals surface area contributed by atoms with Crippen LogP contribution in [0.25, 0.3) is 0 Å². The molecule has 0 radical (unpaired) electrons. The average Bonchev–Trinajstić information content (AvgIpc) is 2.83. The Morgan fingerprint density at radius 1 is 1.45 bits per heavy atom. The summed E-state index contributed by atoms with van der Waals surface area (Å²) in [6.45, 7) is 2.72. The second-order valence-corrected chi connectivity index (χ2v) is 6.89. The van der Waals surface area contributed by atoms with Crippen LogP contribution in [0.3, 0.4) is 0 Å². The van der Waals surface area contributed by atoms with Crippen molar-refractivity contribution < 1.29 is 8.42 Å². The third-order valence-corrected chi connectivity index (χ3v) is 4.54. The van der Waals surface area contributed by atoms with E-state index in [1.165, 1.54) is 17.1 Å². The van der Waals surface area contributed by atoms with E-state index in [0.717, 1.165) is 10.0 Å². The molecule has 2 aromatic rings. The van der Waals surface area contributed by atoms with Gasteiger partial charge in [-0.05, 0) is 24.6 Å². The monoisotopic (exact) mass is 358 g/mol. The van der Waals surface area contributed by atoms with Crippen LogP contribution < -0.4 is 10.5 Å². The van der Waals surface area contributed by atoms with Crippen LogP contribution in [-0.2, 0) is 16.6 Å². The molecule has 1 aromatic heterocycles.